The number of nitrogens with zero attached hydrogens (tertiary/aromatic N) is 2. The van der Waals surface area contributed by atoms with Gasteiger partial charge in [0.05, 0.1) is 0 Å². The molecule has 72 valence electrons. The van der Waals surface area contributed by atoms with Crippen LogP contribution in [-0.2, 0) is 0 Å². The van der Waals surface area contributed by atoms with Crippen molar-refractivity contribution in [3.63, 3.8) is 0 Å². The molecule has 0 aliphatic rings. The number of rotatable bonds is 1. The van der Waals surface area contributed by atoms with E-state index in [1.807, 2.05) is 25.1 Å². The van der Waals surface area contributed by atoms with E-state index in [4.69, 9.17) is 4.52 Å². The normalized spacial score (nSPS) is 10.5. The molecule has 0 bridgehead atoms. The van der Waals surface area contributed by atoms with Gasteiger partial charge < -0.3 is 4.52 Å². The number of hydrogen-bond acceptors (Lipinski definition) is 3. The Morgan fingerprint density at radius 3 is 2.71 bits per heavy atom. The van der Waals surface area contributed by atoms with E-state index in [0.717, 1.165) is 15.6 Å². The second-order valence-electron chi connectivity index (χ2n) is 3.06. The fraction of sp³-hybridized carbons (Fsp3) is 0.200. The minimum absolute atomic E-state index is 0.571. The van der Waals surface area contributed by atoms with Crippen LogP contribution in [0.25, 0.3) is 11.5 Å². The number of halogens is 1. The van der Waals surface area contributed by atoms with Crippen LogP contribution in [0.2, 0.25) is 0 Å². The molecule has 2 aromatic rings. The van der Waals surface area contributed by atoms with Crippen molar-refractivity contribution < 1.29 is 4.52 Å². The van der Waals surface area contributed by atoms with Gasteiger partial charge in [0.2, 0.25) is 0 Å². The van der Waals surface area contributed by atoms with Gasteiger partial charge in [-0.05, 0) is 31.5 Å². The molecule has 1 aromatic heterocycles. The molecular weight excluding hydrogens is 244 g/mol. The predicted octanol–water partition coefficient (Wildman–Crippen LogP) is 3.12. The first-order valence-electron chi connectivity index (χ1n) is 4.24. The van der Waals surface area contributed by atoms with Crippen LogP contribution in [0.5, 0.6) is 0 Å². The highest BCUT2D eigenvalue weighted by molar-refractivity contribution is 9.10. The van der Waals surface area contributed by atoms with Crippen LogP contribution >= 0.6 is 15.9 Å². The van der Waals surface area contributed by atoms with Gasteiger partial charge in [0.1, 0.15) is 0 Å². The van der Waals surface area contributed by atoms with Crippen molar-refractivity contribution in [1.29, 1.82) is 0 Å². The predicted molar refractivity (Wildman–Crippen MR) is 56.9 cm³/mol. The van der Waals surface area contributed by atoms with E-state index in [-0.39, 0.29) is 0 Å². The Morgan fingerprint density at radius 1 is 1.29 bits per heavy atom. The van der Waals surface area contributed by atoms with Crippen LogP contribution in [0, 0.1) is 13.8 Å². The van der Waals surface area contributed by atoms with Gasteiger partial charge in [-0.3, -0.25) is 0 Å². The molecule has 0 saturated carbocycles. The topological polar surface area (TPSA) is 38.9 Å². The summed E-state index contributed by atoms with van der Waals surface area (Å²) in [6.45, 7) is 3.82. The van der Waals surface area contributed by atoms with Gasteiger partial charge in [-0.25, -0.2) is 0 Å². The summed E-state index contributed by atoms with van der Waals surface area (Å²) in [5.74, 6) is 1.22. The molecule has 1 aromatic carbocycles. The van der Waals surface area contributed by atoms with Crippen LogP contribution < -0.4 is 0 Å². The third-order valence-corrected chi connectivity index (χ3v) is 2.88. The maximum atomic E-state index is 5.10. The first kappa shape index (κ1) is 9.40. The summed E-state index contributed by atoms with van der Waals surface area (Å²) in [5, 5.41) is 3.76. The van der Waals surface area contributed by atoms with E-state index in [1.54, 1.807) is 6.92 Å². The summed E-state index contributed by atoms with van der Waals surface area (Å²) < 4.78 is 6.15. The van der Waals surface area contributed by atoms with E-state index in [9.17, 15) is 0 Å². The van der Waals surface area contributed by atoms with Gasteiger partial charge in [-0.15, -0.1) is 0 Å². The molecule has 14 heavy (non-hydrogen) atoms. The molecule has 0 unspecified atom stereocenters. The van der Waals surface area contributed by atoms with Gasteiger partial charge in [-0.2, -0.15) is 4.98 Å². The molecule has 0 aliphatic carbocycles. The van der Waals surface area contributed by atoms with Crippen molar-refractivity contribution in [2.24, 2.45) is 0 Å². The largest absolute Gasteiger partial charge is 0.334 e. The highest BCUT2D eigenvalue weighted by Gasteiger charge is 2.10. The maximum absolute atomic E-state index is 5.10. The van der Waals surface area contributed by atoms with E-state index in [1.165, 1.54) is 0 Å². The lowest BCUT2D eigenvalue weighted by Gasteiger charge is -2.01. The van der Waals surface area contributed by atoms with Crippen LogP contribution in [-0.4, -0.2) is 10.1 Å². The molecule has 1 heterocycles. The Morgan fingerprint density at radius 2 is 2.07 bits per heavy atom. The Bertz CT molecular complexity index is 465. The number of hydrogen-bond donors (Lipinski definition) is 0. The van der Waals surface area contributed by atoms with Crippen molar-refractivity contribution >= 4 is 15.9 Å². The first-order valence-corrected chi connectivity index (χ1v) is 5.03. The average molecular weight is 253 g/mol. The molecule has 2 rings (SSSR count). The molecule has 0 fully saturated rings. The number of aryl methyl sites for hydroxylation is 1. The molecule has 0 radical (unpaired) electrons. The summed E-state index contributed by atoms with van der Waals surface area (Å²) in [5.41, 5.74) is 2.08. The quantitative estimate of drug-likeness (QED) is 0.783. The van der Waals surface area contributed by atoms with Gasteiger partial charge in [0.15, 0.2) is 5.82 Å². The number of aromatic nitrogens is 2. The lowest BCUT2D eigenvalue weighted by Crippen LogP contribution is -1.84. The monoisotopic (exact) mass is 252 g/mol. The van der Waals surface area contributed by atoms with Gasteiger partial charge >= 0.3 is 0 Å². The van der Waals surface area contributed by atoms with Crippen molar-refractivity contribution in [2.45, 2.75) is 13.8 Å². The summed E-state index contributed by atoms with van der Waals surface area (Å²) >= 11 is 3.46. The first-order chi connectivity index (χ1) is 6.68. The van der Waals surface area contributed by atoms with Crippen LogP contribution in [0.15, 0.2) is 27.2 Å². The molecule has 0 atom stereocenters. The molecule has 0 N–H and O–H groups in total. The Labute approximate surface area is 90.3 Å². The molecular formula is C10H9BrN2O. The lowest BCUT2D eigenvalue weighted by molar-refractivity contribution is 0.425. The zero-order valence-corrected chi connectivity index (χ0v) is 9.50. The van der Waals surface area contributed by atoms with E-state index in [2.05, 4.69) is 26.1 Å². The zero-order chi connectivity index (χ0) is 10.1. The second kappa shape index (κ2) is 3.53. The zero-order valence-electron chi connectivity index (χ0n) is 7.91. The van der Waals surface area contributed by atoms with Gasteiger partial charge in [0, 0.05) is 10.0 Å². The summed E-state index contributed by atoms with van der Waals surface area (Å²) in [6, 6.07) is 5.90. The van der Waals surface area contributed by atoms with Crippen molar-refractivity contribution in [3.8, 4) is 11.5 Å². The van der Waals surface area contributed by atoms with E-state index in [0.29, 0.717) is 11.7 Å². The SMILES string of the molecule is Cc1noc(-c2cccc(Br)c2C)n1. The van der Waals surface area contributed by atoms with Crippen LogP contribution in [0.3, 0.4) is 0 Å². The molecule has 3 nitrogen and oxygen atoms in total. The van der Waals surface area contributed by atoms with Crippen molar-refractivity contribution in [3.05, 3.63) is 34.1 Å². The summed E-state index contributed by atoms with van der Waals surface area (Å²) in [6.07, 6.45) is 0. The molecule has 0 aliphatic heterocycles. The summed E-state index contributed by atoms with van der Waals surface area (Å²) in [7, 11) is 0. The molecule has 4 heteroatoms. The fourth-order valence-corrected chi connectivity index (χ4v) is 1.61. The Balaban J connectivity index is 2.57. The highest BCUT2D eigenvalue weighted by Crippen LogP contribution is 2.27. The lowest BCUT2D eigenvalue weighted by atomic mass is 10.1. The van der Waals surface area contributed by atoms with Crippen molar-refractivity contribution in [2.75, 3.05) is 0 Å². The molecule has 0 amide bonds. The fourth-order valence-electron chi connectivity index (χ4n) is 1.25. The molecule has 0 spiro atoms. The van der Waals surface area contributed by atoms with Gasteiger partial charge in [0.25, 0.3) is 5.89 Å². The van der Waals surface area contributed by atoms with E-state index >= 15 is 0 Å². The Hall–Kier alpha value is -1.16. The third kappa shape index (κ3) is 1.57. The number of benzene rings is 1. The van der Waals surface area contributed by atoms with Gasteiger partial charge in [-0.1, -0.05) is 27.2 Å². The van der Waals surface area contributed by atoms with Crippen LogP contribution in [0.4, 0.5) is 0 Å². The summed E-state index contributed by atoms with van der Waals surface area (Å²) in [4.78, 5) is 4.18. The van der Waals surface area contributed by atoms with E-state index < -0.39 is 0 Å². The van der Waals surface area contributed by atoms with Crippen molar-refractivity contribution in [1.82, 2.24) is 10.1 Å². The minimum Gasteiger partial charge on any atom is -0.334 e. The minimum atomic E-state index is 0.571. The molecule has 0 saturated heterocycles. The smallest absolute Gasteiger partial charge is 0.258 e. The Kier molecular flexibility index (Phi) is 2.37. The maximum Gasteiger partial charge on any atom is 0.258 e. The van der Waals surface area contributed by atoms with Crippen LogP contribution in [0.1, 0.15) is 11.4 Å². The standard InChI is InChI=1S/C10H9BrN2O/c1-6-8(4-3-5-9(6)11)10-12-7(2)13-14-10/h3-5H,1-2H3. The second-order valence-corrected chi connectivity index (χ2v) is 3.91. The highest BCUT2D eigenvalue weighted by atomic mass is 79.9. The average Bonchev–Trinajstić information content (AvgIpc) is 2.57. The third-order valence-electron chi connectivity index (χ3n) is 2.03.